The van der Waals surface area contributed by atoms with Crippen LogP contribution in [0.3, 0.4) is 0 Å². The third-order valence-electron chi connectivity index (χ3n) is 3.64. The van der Waals surface area contributed by atoms with Gasteiger partial charge in [-0.15, -0.1) is 0 Å². The van der Waals surface area contributed by atoms with Gasteiger partial charge in [-0.2, -0.15) is 5.26 Å². The highest BCUT2D eigenvalue weighted by molar-refractivity contribution is 6.06. The Hall–Kier alpha value is -3.13. The molecule has 0 bridgehead atoms. The molecule has 2 amide bonds. The molecule has 2 N–H and O–H groups in total. The second kappa shape index (κ2) is 8.65. The SMILES string of the molecule is CC(C)CCNC(=O)c1cccc(C(=O)Nc2cccc(C#N)c2)c1. The maximum atomic E-state index is 12.4. The first-order valence-electron chi connectivity index (χ1n) is 8.19. The number of carbonyl (C=O) groups excluding carboxylic acids is 2. The zero-order chi connectivity index (χ0) is 18.2. The van der Waals surface area contributed by atoms with E-state index < -0.39 is 0 Å². The van der Waals surface area contributed by atoms with Crippen molar-refractivity contribution in [3.05, 3.63) is 65.2 Å². The molecule has 0 spiro atoms. The number of carbonyl (C=O) groups is 2. The van der Waals surface area contributed by atoms with Crippen LogP contribution in [0, 0.1) is 17.2 Å². The maximum Gasteiger partial charge on any atom is 0.255 e. The summed E-state index contributed by atoms with van der Waals surface area (Å²) in [6.45, 7) is 4.80. The van der Waals surface area contributed by atoms with E-state index in [1.807, 2.05) is 6.07 Å². The molecule has 0 heterocycles. The normalized spacial score (nSPS) is 10.2. The lowest BCUT2D eigenvalue weighted by molar-refractivity contribution is 0.0952. The van der Waals surface area contributed by atoms with Crippen molar-refractivity contribution >= 4 is 17.5 Å². The average Bonchev–Trinajstić information content (AvgIpc) is 2.61. The second-order valence-electron chi connectivity index (χ2n) is 6.17. The highest BCUT2D eigenvalue weighted by Gasteiger charge is 2.11. The zero-order valence-corrected chi connectivity index (χ0v) is 14.4. The fourth-order valence-corrected chi connectivity index (χ4v) is 2.25. The molecular weight excluding hydrogens is 314 g/mol. The number of hydrogen-bond acceptors (Lipinski definition) is 3. The minimum atomic E-state index is -0.327. The quantitative estimate of drug-likeness (QED) is 0.846. The van der Waals surface area contributed by atoms with E-state index in [1.165, 1.54) is 0 Å². The smallest absolute Gasteiger partial charge is 0.255 e. The topological polar surface area (TPSA) is 82.0 Å². The van der Waals surface area contributed by atoms with Gasteiger partial charge in [-0.05, 0) is 48.7 Å². The largest absolute Gasteiger partial charge is 0.352 e. The summed E-state index contributed by atoms with van der Waals surface area (Å²) in [5.74, 6) is -0.00437. The minimum absolute atomic E-state index is 0.193. The average molecular weight is 335 g/mol. The number of benzene rings is 2. The van der Waals surface area contributed by atoms with Crippen LogP contribution in [0.2, 0.25) is 0 Å². The van der Waals surface area contributed by atoms with Crippen molar-refractivity contribution in [2.45, 2.75) is 20.3 Å². The van der Waals surface area contributed by atoms with Gasteiger partial charge in [-0.1, -0.05) is 26.0 Å². The summed E-state index contributed by atoms with van der Waals surface area (Å²) in [6, 6.07) is 15.3. The summed E-state index contributed by atoms with van der Waals surface area (Å²) in [4.78, 5) is 24.5. The van der Waals surface area contributed by atoms with Crippen LogP contribution in [-0.4, -0.2) is 18.4 Å². The molecule has 0 radical (unpaired) electrons. The minimum Gasteiger partial charge on any atom is -0.352 e. The number of hydrogen-bond donors (Lipinski definition) is 2. The maximum absolute atomic E-state index is 12.4. The third kappa shape index (κ3) is 5.47. The molecule has 2 aromatic rings. The molecule has 5 nitrogen and oxygen atoms in total. The first-order valence-corrected chi connectivity index (χ1v) is 8.19. The predicted octanol–water partition coefficient (Wildman–Crippen LogP) is 3.59. The first kappa shape index (κ1) is 18.2. The molecule has 0 aliphatic rings. The lowest BCUT2D eigenvalue weighted by Gasteiger charge is -2.09. The van der Waals surface area contributed by atoms with Gasteiger partial charge in [-0.25, -0.2) is 0 Å². The van der Waals surface area contributed by atoms with Crippen LogP contribution in [0.5, 0.6) is 0 Å². The van der Waals surface area contributed by atoms with Crippen molar-refractivity contribution in [2.75, 3.05) is 11.9 Å². The molecular formula is C20H21N3O2. The van der Waals surface area contributed by atoms with Gasteiger partial charge < -0.3 is 10.6 Å². The van der Waals surface area contributed by atoms with Gasteiger partial charge in [0.2, 0.25) is 0 Å². The number of nitriles is 1. The number of nitrogens with one attached hydrogen (secondary N) is 2. The molecule has 25 heavy (non-hydrogen) atoms. The van der Waals surface area contributed by atoms with Gasteiger partial charge in [0.15, 0.2) is 0 Å². The van der Waals surface area contributed by atoms with Crippen molar-refractivity contribution in [2.24, 2.45) is 5.92 Å². The monoisotopic (exact) mass is 335 g/mol. The first-order chi connectivity index (χ1) is 12.0. The van der Waals surface area contributed by atoms with Crippen molar-refractivity contribution in [1.82, 2.24) is 5.32 Å². The standard InChI is InChI=1S/C20H21N3O2/c1-14(2)9-10-22-19(24)16-6-4-7-17(12-16)20(25)23-18-8-3-5-15(11-18)13-21/h3-8,11-12,14H,9-10H2,1-2H3,(H,22,24)(H,23,25). The molecule has 0 unspecified atom stereocenters. The van der Waals surface area contributed by atoms with Gasteiger partial charge in [0.1, 0.15) is 0 Å². The third-order valence-corrected chi connectivity index (χ3v) is 3.64. The molecule has 0 atom stereocenters. The second-order valence-corrected chi connectivity index (χ2v) is 6.17. The van der Waals surface area contributed by atoms with Crippen LogP contribution >= 0.6 is 0 Å². The molecule has 0 saturated heterocycles. The van der Waals surface area contributed by atoms with Crippen LogP contribution in [0.4, 0.5) is 5.69 Å². The van der Waals surface area contributed by atoms with Gasteiger partial charge in [0, 0.05) is 23.4 Å². The van der Waals surface area contributed by atoms with E-state index in [0.29, 0.717) is 34.8 Å². The van der Waals surface area contributed by atoms with E-state index in [2.05, 4.69) is 24.5 Å². The van der Waals surface area contributed by atoms with Crippen LogP contribution in [0.1, 0.15) is 46.5 Å². The molecule has 0 aromatic heterocycles. The number of rotatable bonds is 6. The fraction of sp³-hybridized carbons (Fsp3) is 0.250. The van der Waals surface area contributed by atoms with Gasteiger partial charge >= 0.3 is 0 Å². The molecule has 0 fully saturated rings. The van der Waals surface area contributed by atoms with Gasteiger partial charge in [0.05, 0.1) is 11.6 Å². The van der Waals surface area contributed by atoms with Crippen LogP contribution in [0.25, 0.3) is 0 Å². The van der Waals surface area contributed by atoms with E-state index in [9.17, 15) is 9.59 Å². The molecule has 0 aliphatic heterocycles. The molecule has 0 aliphatic carbocycles. The number of anilines is 1. The van der Waals surface area contributed by atoms with Crippen molar-refractivity contribution < 1.29 is 9.59 Å². The fourth-order valence-electron chi connectivity index (χ4n) is 2.25. The lowest BCUT2D eigenvalue weighted by atomic mass is 10.1. The van der Waals surface area contributed by atoms with Crippen LogP contribution < -0.4 is 10.6 Å². The summed E-state index contributed by atoms with van der Waals surface area (Å²) in [7, 11) is 0. The van der Waals surface area contributed by atoms with E-state index in [-0.39, 0.29) is 11.8 Å². The lowest BCUT2D eigenvalue weighted by Crippen LogP contribution is -2.25. The Balaban J connectivity index is 2.05. The highest BCUT2D eigenvalue weighted by Crippen LogP contribution is 2.13. The predicted molar refractivity (Wildman–Crippen MR) is 97.3 cm³/mol. The number of nitrogens with zero attached hydrogens (tertiary/aromatic N) is 1. The Morgan fingerprint density at radius 3 is 2.40 bits per heavy atom. The molecule has 2 aromatic carbocycles. The van der Waals surface area contributed by atoms with Crippen LogP contribution in [0.15, 0.2) is 48.5 Å². The molecule has 5 heteroatoms. The highest BCUT2D eigenvalue weighted by atomic mass is 16.2. The summed E-state index contributed by atoms with van der Waals surface area (Å²) in [5, 5.41) is 14.5. The van der Waals surface area contributed by atoms with Crippen molar-refractivity contribution in [3.63, 3.8) is 0 Å². The van der Waals surface area contributed by atoms with Gasteiger partial charge in [0.25, 0.3) is 11.8 Å². The van der Waals surface area contributed by atoms with Crippen molar-refractivity contribution in [3.8, 4) is 6.07 Å². The Morgan fingerprint density at radius 2 is 1.72 bits per heavy atom. The van der Waals surface area contributed by atoms with Crippen molar-refractivity contribution in [1.29, 1.82) is 5.26 Å². The van der Waals surface area contributed by atoms with E-state index in [4.69, 9.17) is 5.26 Å². The number of amides is 2. The Kier molecular flexibility index (Phi) is 6.30. The van der Waals surface area contributed by atoms with Crippen LogP contribution in [-0.2, 0) is 0 Å². The van der Waals surface area contributed by atoms with E-state index in [0.717, 1.165) is 6.42 Å². The van der Waals surface area contributed by atoms with E-state index >= 15 is 0 Å². The summed E-state index contributed by atoms with van der Waals surface area (Å²) in [6.07, 6.45) is 0.904. The Labute approximate surface area is 147 Å². The molecule has 2 rings (SSSR count). The van der Waals surface area contributed by atoms with Gasteiger partial charge in [-0.3, -0.25) is 9.59 Å². The molecule has 0 saturated carbocycles. The Bertz CT molecular complexity index is 807. The summed E-state index contributed by atoms with van der Waals surface area (Å²) >= 11 is 0. The Morgan fingerprint density at radius 1 is 1.04 bits per heavy atom. The summed E-state index contributed by atoms with van der Waals surface area (Å²) in [5.41, 5.74) is 1.84. The zero-order valence-electron chi connectivity index (χ0n) is 14.4. The van der Waals surface area contributed by atoms with E-state index in [1.54, 1.807) is 48.5 Å². The molecule has 128 valence electrons. The summed E-state index contributed by atoms with van der Waals surface area (Å²) < 4.78 is 0.